The van der Waals surface area contributed by atoms with Crippen LogP contribution in [0.4, 0.5) is 5.69 Å². The van der Waals surface area contributed by atoms with E-state index in [4.69, 9.17) is 5.73 Å². The molecule has 0 spiro atoms. The Morgan fingerprint density at radius 3 is 2.95 bits per heavy atom. The highest BCUT2D eigenvalue weighted by atomic mass is 79.9. The van der Waals surface area contributed by atoms with Crippen molar-refractivity contribution >= 4 is 21.6 Å². The van der Waals surface area contributed by atoms with Gasteiger partial charge in [-0.2, -0.15) is 5.10 Å². The van der Waals surface area contributed by atoms with Crippen LogP contribution in [-0.2, 0) is 6.54 Å². The van der Waals surface area contributed by atoms with E-state index in [9.17, 15) is 4.79 Å². The van der Waals surface area contributed by atoms with Crippen LogP contribution in [0.2, 0.25) is 0 Å². The van der Waals surface area contributed by atoms with Crippen LogP contribution in [-0.4, -0.2) is 28.9 Å². The fraction of sp³-hybridized carbons (Fsp3) is 0.733. The number of hydrogen-bond donors (Lipinski definition) is 1. The fourth-order valence-electron chi connectivity index (χ4n) is 3.03. The van der Waals surface area contributed by atoms with Crippen LogP contribution < -0.4 is 16.2 Å². The molecule has 21 heavy (non-hydrogen) atoms. The molecule has 1 aliphatic heterocycles. The third-order valence-electron chi connectivity index (χ3n) is 4.36. The molecule has 5 nitrogen and oxygen atoms in total. The summed E-state index contributed by atoms with van der Waals surface area (Å²) in [6, 6.07) is 0.280. The zero-order valence-electron chi connectivity index (χ0n) is 12.9. The van der Waals surface area contributed by atoms with Gasteiger partial charge in [-0.05, 0) is 41.1 Å². The van der Waals surface area contributed by atoms with Crippen molar-refractivity contribution in [3.8, 4) is 0 Å². The van der Waals surface area contributed by atoms with Gasteiger partial charge in [-0.15, -0.1) is 0 Å². The minimum Gasteiger partial charge on any atom is -0.365 e. The number of anilines is 1. The van der Waals surface area contributed by atoms with E-state index in [1.54, 1.807) is 4.68 Å². The fourth-order valence-corrected chi connectivity index (χ4v) is 3.57. The summed E-state index contributed by atoms with van der Waals surface area (Å²) in [5.41, 5.74) is 6.78. The number of halogens is 1. The third-order valence-corrected chi connectivity index (χ3v) is 5.10. The Morgan fingerprint density at radius 2 is 2.29 bits per heavy atom. The van der Waals surface area contributed by atoms with Gasteiger partial charge in [-0.1, -0.05) is 20.3 Å². The molecule has 6 heteroatoms. The predicted octanol–water partition coefficient (Wildman–Crippen LogP) is 2.37. The van der Waals surface area contributed by atoms with Crippen LogP contribution >= 0.6 is 15.9 Å². The first-order chi connectivity index (χ1) is 10.1. The molecular weight excluding hydrogens is 332 g/mol. The Hall–Kier alpha value is -0.880. The van der Waals surface area contributed by atoms with Crippen LogP contribution in [0, 0.1) is 5.92 Å². The molecule has 2 heterocycles. The molecule has 0 aliphatic carbocycles. The highest BCUT2D eigenvalue weighted by Gasteiger charge is 2.29. The first-order valence-electron chi connectivity index (χ1n) is 7.82. The highest BCUT2D eigenvalue weighted by molar-refractivity contribution is 9.10. The smallest absolute Gasteiger partial charge is 0.283 e. The standard InChI is InChI=1S/C15H25BrN4O/c1-3-4-8-20-15(21)14(16)13(10-18-20)19-7-5-6-11(2)12(19)9-17/h10-12H,3-9,17H2,1-2H3. The van der Waals surface area contributed by atoms with Gasteiger partial charge >= 0.3 is 0 Å². The maximum atomic E-state index is 12.4. The number of nitrogens with zero attached hydrogens (tertiary/aromatic N) is 3. The monoisotopic (exact) mass is 356 g/mol. The molecule has 0 aromatic carbocycles. The lowest BCUT2D eigenvalue weighted by molar-refractivity contribution is 0.348. The normalized spacial score (nSPS) is 22.6. The Bertz CT molecular complexity index is 531. The average Bonchev–Trinajstić information content (AvgIpc) is 2.48. The highest BCUT2D eigenvalue weighted by Crippen LogP contribution is 2.31. The third kappa shape index (κ3) is 3.48. The molecule has 1 aliphatic rings. The van der Waals surface area contributed by atoms with Crippen LogP contribution in [0.3, 0.4) is 0 Å². The maximum absolute atomic E-state index is 12.4. The van der Waals surface area contributed by atoms with E-state index < -0.39 is 0 Å². The van der Waals surface area contributed by atoms with Crippen molar-refractivity contribution in [2.75, 3.05) is 18.0 Å². The van der Waals surface area contributed by atoms with Crippen molar-refractivity contribution in [1.29, 1.82) is 0 Å². The average molecular weight is 357 g/mol. The topological polar surface area (TPSA) is 64.2 Å². The molecule has 0 radical (unpaired) electrons. The summed E-state index contributed by atoms with van der Waals surface area (Å²) in [7, 11) is 0. The zero-order valence-corrected chi connectivity index (χ0v) is 14.5. The summed E-state index contributed by atoms with van der Waals surface area (Å²) in [5.74, 6) is 0.540. The van der Waals surface area contributed by atoms with Gasteiger partial charge < -0.3 is 10.6 Å². The molecule has 1 aromatic heterocycles. The first kappa shape index (κ1) is 16.5. The van der Waals surface area contributed by atoms with E-state index >= 15 is 0 Å². The van der Waals surface area contributed by atoms with E-state index in [1.165, 1.54) is 6.42 Å². The summed E-state index contributed by atoms with van der Waals surface area (Å²) in [5, 5.41) is 4.34. The second kappa shape index (κ2) is 7.40. The maximum Gasteiger partial charge on any atom is 0.283 e. The molecule has 1 saturated heterocycles. The molecule has 0 bridgehead atoms. The van der Waals surface area contributed by atoms with Crippen molar-refractivity contribution in [3.05, 3.63) is 21.0 Å². The Labute approximate surface area is 134 Å². The van der Waals surface area contributed by atoms with E-state index in [-0.39, 0.29) is 11.6 Å². The minimum atomic E-state index is -0.0463. The number of rotatable bonds is 5. The van der Waals surface area contributed by atoms with Gasteiger partial charge in [0.25, 0.3) is 5.56 Å². The van der Waals surface area contributed by atoms with Gasteiger partial charge in [0.05, 0.1) is 11.9 Å². The van der Waals surface area contributed by atoms with Gasteiger partial charge in [0.2, 0.25) is 0 Å². The second-order valence-corrected chi connectivity index (χ2v) is 6.63. The van der Waals surface area contributed by atoms with Crippen molar-refractivity contribution in [2.24, 2.45) is 11.7 Å². The van der Waals surface area contributed by atoms with Crippen LogP contribution in [0.5, 0.6) is 0 Å². The molecule has 118 valence electrons. The molecular formula is C15H25BrN4O. The first-order valence-corrected chi connectivity index (χ1v) is 8.61. The summed E-state index contributed by atoms with van der Waals surface area (Å²) >= 11 is 3.48. The van der Waals surface area contributed by atoms with Crippen LogP contribution in [0.15, 0.2) is 15.5 Å². The molecule has 2 N–H and O–H groups in total. The van der Waals surface area contributed by atoms with Gasteiger partial charge in [-0.25, -0.2) is 4.68 Å². The van der Waals surface area contributed by atoms with Crippen LogP contribution in [0.25, 0.3) is 0 Å². The van der Waals surface area contributed by atoms with Gasteiger partial charge in [0, 0.05) is 25.7 Å². The molecule has 2 unspecified atom stereocenters. The van der Waals surface area contributed by atoms with Gasteiger partial charge in [0.15, 0.2) is 0 Å². The molecule has 1 aromatic rings. The number of aryl methyl sites for hydroxylation is 1. The van der Waals surface area contributed by atoms with E-state index in [1.807, 2.05) is 6.20 Å². The van der Waals surface area contributed by atoms with Crippen molar-refractivity contribution in [3.63, 3.8) is 0 Å². The molecule has 2 rings (SSSR count). The zero-order chi connectivity index (χ0) is 15.4. The van der Waals surface area contributed by atoms with Crippen molar-refractivity contribution in [2.45, 2.75) is 52.1 Å². The Kier molecular flexibility index (Phi) is 5.81. The predicted molar refractivity (Wildman–Crippen MR) is 89.7 cm³/mol. The lowest BCUT2D eigenvalue weighted by atomic mass is 9.90. The quantitative estimate of drug-likeness (QED) is 0.879. The van der Waals surface area contributed by atoms with Gasteiger partial charge in [0.1, 0.15) is 4.47 Å². The molecule has 0 amide bonds. The Morgan fingerprint density at radius 1 is 1.52 bits per heavy atom. The summed E-state index contributed by atoms with van der Waals surface area (Å²) in [6.07, 6.45) is 6.14. The van der Waals surface area contributed by atoms with Gasteiger partial charge in [-0.3, -0.25) is 4.79 Å². The van der Waals surface area contributed by atoms with Crippen molar-refractivity contribution < 1.29 is 0 Å². The minimum absolute atomic E-state index is 0.0463. The largest absolute Gasteiger partial charge is 0.365 e. The van der Waals surface area contributed by atoms with E-state index in [2.05, 4.69) is 39.8 Å². The van der Waals surface area contributed by atoms with E-state index in [0.29, 0.717) is 23.5 Å². The summed E-state index contributed by atoms with van der Waals surface area (Å²) in [6.45, 7) is 6.55. The number of nitrogens with two attached hydrogens (primary N) is 1. The summed E-state index contributed by atoms with van der Waals surface area (Å²) < 4.78 is 2.16. The Balaban J connectivity index is 2.31. The lowest BCUT2D eigenvalue weighted by Gasteiger charge is -2.41. The molecule has 2 atom stereocenters. The lowest BCUT2D eigenvalue weighted by Crippen LogP contribution is -2.49. The number of aromatic nitrogens is 2. The number of unbranched alkanes of at least 4 members (excludes halogenated alkanes) is 1. The van der Waals surface area contributed by atoms with Crippen LogP contribution in [0.1, 0.15) is 39.5 Å². The number of hydrogen-bond acceptors (Lipinski definition) is 4. The molecule has 1 fully saturated rings. The number of piperidine rings is 1. The van der Waals surface area contributed by atoms with E-state index in [0.717, 1.165) is 31.5 Å². The summed E-state index contributed by atoms with van der Waals surface area (Å²) in [4.78, 5) is 14.7. The second-order valence-electron chi connectivity index (χ2n) is 5.84. The molecule has 0 saturated carbocycles. The van der Waals surface area contributed by atoms with Crippen molar-refractivity contribution in [1.82, 2.24) is 9.78 Å². The SMILES string of the molecule is CCCCn1ncc(N2CCCC(C)C2CN)c(Br)c1=O.